The van der Waals surface area contributed by atoms with Crippen LogP contribution in [-0.2, 0) is 7.05 Å². The molecule has 0 radical (unpaired) electrons. The zero-order chi connectivity index (χ0) is 10.1. The molecule has 0 saturated carbocycles. The molecule has 1 aromatic heterocycles. The number of benzene rings is 1. The summed E-state index contributed by atoms with van der Waals surface area (Å²) in [6, 6.07) is 8.40. The van der Waals surface area contributed by atoms with E-state index in [0.717, 1.165) is 0 Å². The first kappa shape index (κ1) is 9.00. The molecule has 0 amide bonds. The molecule has 2 aromatic rings. The quantitative estimate of drug-likeness (QED) is 0.669. The van der Waals surface area contributed by atoms with Gasteiger partial charge < -0.3 is 0 Å². The Labute approximate surface area is 84.2 Å². The summed E-state index contributed by atoms with van der Waals surface area (Å²) in [5.74, 6) is 0. The average Bonchev–Trinajstić information content (AvgIpc) is 2.57. The van der Waals surface area contributed by atoms with Crippen molar-refractivity contribution in [3.8, 4) is 11.3 Å². The van der Waals surface area contributed by atoms with Gasteiger partial charge in [-0.3, -0.25) is 4.68 Å². The zero-order valence-electron chi connectivity index (χ0n) is 8.78. The summed E-state index contributed by atoms with van der Waals surface area (Å²) in [5.41, 5.74) is 5.09. The normalized spacial score (nSPS) is 10.5. The molecule has 0 aliphatic carbocycles. The molecule has 0 bridgehead atoms. The van der Waals surface area contributed by atoms with E-state index in [1.807, 2.05) is 24.0 Å². The first-order valence-electron chi connectivity index (χ1n) is 4.75. The van der Waals surface area contributed by atoms with Crippen LogP contribution >= 0.6 is 0 Å². The molecule has 0 aliphatic heterocycles. The van der Waals surface area contributed by atoms with Crippen LogP contribution in [0.25, 0.3) is 11.3 Å². The molecule has 0 atom stereocenters. The van der Waals surface area contributed by atoms with E-state index in [9.17, 15) is 0 Å². The maximum absolute atomic E-state index is 4.18. The summed E-state index contributed by atoms with van der Waals surface area (Å²) in [7, 11) is 1.97. The molecular formula is C12H14N2. The van der Waals surface area contributed by atoms with Crippen molar-refractivity contribution in [1.82, 2.24) is 9.78 Å². The Morgan fingerprint density at radius 2 is 1.93 bits per heavy atom. The second-order valence-electron chi connectivity index (χ2n) is 3.59. The number of hydrogen-bond donors (Lipinski definition) is 0. The van der Waals surface area contributed by atoms with Gasteiger partial charge in [-0.15, -0.1) is 0 Å². The smallest absolute Gasteiger partial charge is 0.0681 e. The summed E-state index contributed by atoms with van der Waals surface area (Å²) < 4.78 is 1.90. The minimum absolute atomic E-state index is 1.17. The average molecular weight is 186 g/mol. The highest BCUT2D eigenvalue weighted by Gasteiger charge is 2.06. The van der Waals surface area contributed by atoms with Crippen molar-refractivity contribution in [2.75, 3.05) is 0 Å². The molecule has 0 fully saturated rings. The molecule has 0 spiro atoms. The van der Waals surface area contributed by atoms with E-state index in [2.05, 4.69) is 37.1 Å². The molecule has 72 valence electrons. The number of hydrogen-bond acceptors (Lipinski definition) is 1. The van der Waals surface area contributed by atoms with Gasteiger partial charge >= 0.3 is 0 Å². The van der Waals surface area contributed by atoms with E-state index in [0.29, 0.717) is 0 Å². The van der Waals surface area contributed by atoms with E-state index in [4.69, 9.17) is 0 Å². The lowest BCUT2D eigenvalue weighted by Gasteiger charge is -2.08. The van der Waals surface area contributed by atoms with E-state index in [-0.39, 0.29) is 0 Å². The highest BCUT2D eigenvalue weighted by Crippen LogP contribution is 2.24. The van der Waals surface area contributed by atoms with Gasteiger partial charge in [0.25, 0.3) is 0 Å². The van der Waals surface area contributed by atoms with Crippen molar-refractivity contribution in [3.63, 3.8) is 0 Å². The van der Waals surface area contributed by atoms with E-state index in [1.54, 1.807) is 0 Å². The van der Waals surface area contributed by atoms with Gasteiger partial charge in [-0.05, 0) is 31.0 Å². The molecule has 1 heterocycles. The van der Waals surface area contributed by atoms with Gasteiger partial charge in [0, 0.05) is 18.8 Å². The van der Waals surface area contributed by atoms with Gasteiger partial charge in [0.1, 0.15) is 0 Å². The van der Waals surface area contributed by atoms with Gasteiger partial charge in [0.15, 0.2) is 0 Å². The van der Waals surface area contributed by atoms with Crippen LogP contribution < -0.4 is 0 Å². The maximum atomic E-state index is 4.18. The third-order valence-electron chi connectivity index (χ3n) is 2.70. The van der Waals surface area contributed by atoms with Crippen molar-refractivity contribution in [3.05, 3.63) is 41.6 Å². The molecular weight excluding hydrogens is 172 g/mol. The number of aromatic nitrogens is 2. The number of nitrogens with zero attached hydrogens (tertiary/aromatic N) is 2. The Balaban J connectivity index is 2.63. The van der Waals surface area contributed by atoms with Gasteiger partial charge in [0.2, 0.25) is 0 Å². The van der Waals surface area contributed by atoms with Crippen LogP contribution in [0.1, 0.15) is 11.1 Å². The second kappa shape index (κ2) is 3.29. The monoisotopic (exact) mass is 186 g/mol. The largest absolute Gasteiger partial charge is 0.268 e. The Morgan fingerprint density at radius 1 is 1.14 bits per heavy atom. The zero-order valence-corrected chi connectivity index (χ0v) is 8.78. The molecule has 0 aliphatic rings. The predicted molar refractivity (Wildman–Crippen MR) is 58.1 cm³/mol. The highest BCUT2D eigenvalue weighted by atomic mass is 15.3. The fourth-order valence-corrected chi connectivity index (χ4v) is 1.67. The SMILES string of the molecule is Cc1cccc(-c2ccnn2C)c1C. The Morgan fingerprint density at radius 3 is 2.57 bits per heavy atom. The standard InChI is InChI=1S/C12H14N2/c1-9-5-4-6-11(10(9)2)12-7-8-13-14(12)3/h4-8H,1-3H3. The van der Waals surface area contributed by atoms with Crippen molar-refractivity contribution >= 4 is 0 Å². The first-order valence-corrected chi connectivity index (χ1v) is 4.75. The second-order valence-corrected chi connectivity index (χ2v) is 3.59. The number of aryl methyl sites for hydroxylation is 2. The fourth-order valence-electron chi connectivity index (χ4n) is 1.67. The Bertz CT molecular complexity index is 455. The first-order chi connectivity index (χ1) is 6.70. The molecule has 2 heteroatoms. The third-order valence-corrected chi connectivity index (χ3v) is 2.70. The molecule has 14 heavy (non-hydrogen) atoms. The minimum Gasteiger partial charge on any atom is -0.268 e. The van der Waals surface area contributed by atoms with Crippen LogP contribution in [-0.4, -0.2) is 9.78 Å². The van der Waals surface area contributed by atoms with Gasteiger partial charge in [0.05, 0.1) is 5.69 Å². The van der Waals surface area contributed by atoms with E-state index < -0.39 is 0 Å². The van der Waals surface area contributed by atoms with E-state index in [1.165, 1.54) is 22.4 Å². The molecule has 0 unspecified atom stereocenters. The van der Waals surface area contributed by atoms with E-state index >= 15 is 0 Å². The molecule has 2 nitrogen and oxygen atoms in total. The van der Waals surface area contributed by atoms with Crippen molar-refractivity contribution in [2.45, 2.75) is 13.8 Å². The predicted octanol–water partition coefficient (Wildman–Crippen LogP) is 2.70. The third kappa shape index (κ3) is 1.33. The van der Waals surface area contributed by atoms with Gasteiger partial charge in [-0.2, -0.15) is 5.10 Å². The summed E-state index contributed by atoms with van der Waals surface area (Å²) in [5, 5.41) is 4.18. The van der Waals surface area contributed by atoms with Crippen LogP contribution in [0.15, 0.2) is 30.5 Å². The summed E-state index contributed by atoms with van der Waals surface area (Å²) >= 11 is 0. The summed E-state index contributed by atoms with van der Waals surface area (Å²) in [4.78, 5) is 0. The summed E-state index contributed by atoms with van der Waals surface area (Å²) in [6.07, 6.45) is 1.83. The fraction of sp³-hybridized carbons (Fsp3) is 0.250. The van der Waals surface area contributed by atoms with Crippen molar-refractivity contribution in [1.29, 1.82) is 0 Å². The Hall–Kier alpha value is -1.57. The van der Waals surface area contributed by atoms with Gasteiger partial charge in [-0.25, -0.2) is 0 Å². The summed E-state index contributed by atoms with van der Waals surface area (Å²) in [6.45, 7) is 4.28. The van der Waals surface area contributed by atoms with Gasteiger partial charge in [-0.1, -0.05) is 18.2 Å². The highest BCUT2D eigenvalue weighted by molar-refractivity contribution is 5.64. The molecule has 2 rings (SSSR count). The minimum atomic E-state index is 1.17. The van der Waals surface area contributed by atoms with Crippen LogP contribution in [0.2, 0.25) is 0 Å². The van der Waals surface area contributed by atoms with Crippen LogP contribution in [0.4, 0.5) is 0 Å². The lowest BCUT2D eigenvalue weighted by Crippen LogP contribution is -1.95. The molecule has 1 aromatic carbocycles. The van der Waals surface area contributed by atoms with Crippen molar-refractivity contribution in [2.24, 2.45) is 7.05 Å². The van der Waals surface area contributed by atoms with Crippen molar-refractivity contribution < 1.29 is 0 Å². The topological polar surface area (TPSA) is 17.8 Å². The lowest BCUT2D eigenvalue weighted by atomic mass is 10.0. The molecule has 0 saturated heterocycles. The number of rotatable bonds is 1. The lowest BCUT2D eigenvalue weighted by molar-refractivity contribution is 0.775. The maximum Gasteiger partial charge on any atom is 0.0681 e. The van der Waals surface area contributed by atoms with Crippen LogP contribution in [0, 0.1) is 13.8 Å². The van der Waals surface area contributed by atoms with Crippen LogP contribution in [0.3, 0.4) is 0 Å². The Kier molecular flexibility index (Phi) is 2.12. The van der Waals surface area contributed by atoms with Crippen LogP contribution in [0.5, 0.6) is 0 Å². The molecule has 0 N–H and O–H groups in total.